The third kappa shape index (κ3) is 1.89. The number of nitrogens with two attached hydrogens (primary N) is 1. The molecule has 0 fully saturated rings. The zero-order valence-corrected chi connectivity index (χ0v) is 7.69. The molecule has 0 aliphatic rings. The summed E-state index contributed by atoms with van der Waals surface area (Å²) in [6, 6.07) is 1.91. The van der Waals surface area contributed by atoms with E-state index in [4.69, 9.17) is 5.73 Å². The summed E-state index contributed by atoms with van der Waals surface area (Å²) in [5, 5.41) is 5.29. The van der Waals surface area contributed by atoms with Gasteiger partial charge in [0.2, 0.25) is 0 Å². The number of anilines is 1. The Labute approximate surface area is 71.0 Å². The van der Waals surface area contributed by atoms with Crippen molar-refractivity contribution in [1.82, 2.24) is 9.78 Å². The first-order valence-corrected chi connectivity index (χ1v) is 4.72. The summed E-state index contributed by atoms with van der Waals surface area (Å²) in [6.07, 6.45) is 0. The van der Waals surface area contributed by atoms with Gasteiger partial charge in [-0.05, 0) is 12.7 Å². The molecule has 1 aromatic rings. The molecule has 0 saturated heterocycles. The van der Waals surface area contributed by atoms with Crippen LogP contribution < -0.4 is 5.73 Å². The number of nitrogens with zero attached hydrogens (tertiary/aromatic N) is 2. The quantitative estimate of drug-likeness (QED) is 0.702. The van der Waals surface area contributed by atoms with E-state index in [0.717, 1.165) is 23.1 Å². The molecule has 0 amide bonds. The Kier molecular flexibility index (Phi) is 2.82. The van der Waals surface area contributed by atoms with Gasteiger partial charge in [-0.25, -0.2) is 4.68 Å². The second-order valence-corrected chi connectivity index (χ2v) is 3.44. The first-order chi connectivity index (χ1) is 5.27. The first kappa shape index (κ1) is 8.46. The third-order valence-corrected chi connectivity index (χ3v) is 2.16. The van der Waals surface area contributed by atoms with E-state index in [0.29, 0.717) is 0 Å². The maximum absolute atomic E-state index is 5.67. The van der Waals surface area contributed by atoms with E-state index < -0.39 is 0 Å². The smallest absolute Gasteiger partial charge is 0.122 e. The highest BCUT2D eigenvalue weighted by Gasteiger charge is 2.01. The van der Waals surface area contributed by atoms with Crippen molar-refractivity contribution in [1.29, 1.82) is 0 Å². The van der Waals surface area contributed by atoms with Gasteiger partial charge in [0.15, 0.2) is 0 Å². The Hall–Kier alpha value is -0.640. The average molecular weight is 171 g/mol. The minimum atomic E-state index is 0.753. The molecule has 4 heteroatoms. The Balaban J connectivity index is 2.77. The molecule has 0 aromatic carbocycles. The molecule has 0 saturated carbocycles. The van der Waals surface area contributed by atoms with Gasteiger partial charge in [0.05, 0.1) is 0 Å². The molecule has 0 aliphatic heterocycles. The fourth-order valence-electron chi connectivity index (χ4n) is 0.878. The Morgan fingerprint density at radius 1 is 1.64 bits per heavy atom. The minimum absolute atomic E-state index is 0.753. The largest absolute Gasteiger partial charge is 0.384 e. The highest BCUT2D eigenvalue weighted by molar-refractivity contribution is 7.99. The summed E-state index contributed by atoms with van der Waals surface area (Å²) < 4.78 is 1.80. The van der Waals surface area contributed by atoms with Crippen LogP contribution in [0.2, 0.25) is 0 Å². The van der Waals surface area contributed by atoms with Crippen LogP contribution in [-0.4, -0.2) is 15.5 Å². The molecule has 0 unspecified atom stereocenters. The van der Waals surface area contributed by atoms with Crippen molar-refractivity contribution in [2.75, 3.05) is 11.5 Å². The van der Waals surface area contributed by atoms with Crippen LogP contribution in [0, 0.1) is 0 Å². The van der Waals surface area contributed by atoms with Crippen LogP contribution in [0.3, 0.4) is 0 Å². The Bertz CT molecular complexity index is 232. The lowest BCUT2D eigenvalue weighted by Crippen LogP contribution is -2.01. The van der Waals surface area contributed by atoms with Crippen molar-refractivity contribution >= 4 is 17.6 Å². The molecule has 1 rings (SSSR count). The lowest BCUT2D eigenvalue weighted by Gasteiger charge is -1.95. The molecule has 0 spiro atoms. The normalized spacial score (nSPS) is 10.4. The average Bonchev–Trinajstić information content (AvgIpc) is 2.32. The van der Waals surface area contributed by atoms with Gasteiger partial charge in [-0.15, -0.1) is 11.8 Å². The second kappa shape index (κ2) is 3.67. The van der Waals surface area contributed by atoms with E-state index in [2.05, 4.69) is 12.0 Å². The molecule has 0 aliphatic carbocycles. The third-order valence-electron chi connectivity index (χ3n) is 1.38. The highest BCUT2D eigenvalue weighted by atomic mass is 32.2. The number of hydrogen-bond donors (Lipinski definition) is 1. The standard InChI is InChI=1S/C7H13N3S/c1-3-10-6(8)5-7(9-10)11-4-2/h5H,3-4,8H2,1-2H3. The molecule has 1 heterocycles. The van der Waals surface area contributed by atoms with Gasteiger partial charge in [-0.1, -0.05) is 6.92 Å². The summed E-state index contributed by atoms with van der Waals surface area (Å²) in [7, 11) is 0. The second-order valence-electron chi connectivity index (χ2n) is 2.16. The molecule has 0 radical (unpaired) electrons. The van der Waals surface area contributed by atoms with Gasteiger partial charge in [-0.3, -0.25) is 0 Å². The van der Waals surface area contributed by atoms with E-state index in [1.165, 1.54) is 0 Å². The van der Waals surface area contributed by atoms with Gasteiger partial charge in [0, 0.05) is 12.6 Å². The summed E-state index contributed by atoms with van der Waals surface area (Å²) in [4.78, 5) is 0. The molecule has 1 aromatic heterocycles. The van der Waals surface area contributed by atoms with Gasteiger partial charge in [0.1, 0.15) is 10.8 Å². The fourth-order valence-corrected chi connectivity index (χ4v) is 1.53. The minimum Gasteiger partial charge on any atom is -0.384 e. The molecule has 62 valence electrons. The highest BCUT2D eigenvalue weighted by Crippen LogP contribution is 2.17. The maximum atomic E-state index is 5.67. The van der Waals surface area contributed by atoms with Crippen LogP contribution in [0.15, 0.2) is 11.1 Å². The Morgan fingerprint density at radius 3 is 2.82 bits per heavy atom. The number of nitrogen functional groups attached to an aromatic ring is 1. The molecule has 11 heavy (non-hydrogen) atoms. The summed E-state index contributed by atoms with van der Waals surface area (Å²) in [5.74, 6) is 1.80. The van der Waals surface area contributed by atoms with Crippen LogP contribution in [0.1, 0.15) is 13.8 Å². The van der Waals surface area contributed by atoms with Crippen molar-refractivity contribution in [2.45, 2.75) is 25.4 Å². The van der Waals surface area contributed by atoms with Crippen molar-refractivity contribution in [3.05, 3.63) is 6.07 Å². The van der Waals surface area contributed by atoms with Crippen LogP contribution in [0.4, 0.5) is 5.82 Å². The topological polar surface area (TPSA) is 43.8 Å². The molecule has 0 atom stereocenters. The molecule has 3 nitrogen and oxygen atoms in total. The summed E-state index contributed by atoms with van der Waals surface area (Å²) in [5.41, 5.74) is 5.67. The predicted molar refractivity (Wildman–Crippen MR) is 48.7 cm³/mol. The fraction of sp³-hybridized carbons (Fsp3) is 0.571. The van der Waals surface area contributed by atoms with Crippen LogP contribution in [0.5, 0.6) is 0 Å². The number of aryl methyl sites for hydroxylation is 1. The molecular formula is C7H13N3S. The van der Waals surface area contributed by atoms with Crippen LogP contribution >= 0.6 is 11.8 Å². The van der Waals surface area contributed by atoms with Crippen molar-refractivity contribution in [3.8, 4) is 0 Å². The van der Waals surface area contributed by atoms with Crippen molar-refractivity contribution in [2.24, 2.45) is 0 Å². The van der Waals surface area contributed by atoms with Crippen LogP contribution in [-0.2, 0) is 6.54 Å². The lowest BCUT2D eigenvalue weighted by atomic mass is 10.6. The number of aromatic nitrogens is 2. The van der Waals surface area contributed by atoms with Gasteiger partial charge >= 0.3 is 0 Å². The molecule has 2 N–H and O–H groups in total. The predicted octanol–water partition coefficient (Wildman–Crippen LogP) is 1.60. The van der Waals surface area contributed by atoms with E-state index in [-0.39, 0.29) is 0 Å². The van der Waals surface area contributed by atoms with Gasteiger partial charge in [-0.2, -0.15) is 5.10 Å². The summed E-state index contributed by atoms with van der Waals surface area (Å²) >= 11 is 1.71. The van der Waals surface area contributed by atoms with E-state index in [1.807, 2.05) is 13.0 Å². The SMILES string of the molecule is CCSc1cc(N)n(CC)n1. The first-order valence-electron chi connectivity index (χ1n) is 3.74. The maximum Gasteiger partial charge on any atom is 0.122 e. The number of hydrogen-bond acceptors (Lipinski definition) is 3. The van der Waals surface area contributed by atoms with Gasteiger partial charge < -0.3 is 5.73 Å². The molecule has 0 bridgehead atoms. The Morgan fingerprint density at radius 2 is 2.36 bits per heavy atom. The summed E-state index contributed by atoms with van der Waals surface area (Å²) in [6.45, 7) is 4.98. The van der Waals surface area contributed by atoms with E-state index in [9.17, 15) is 0 Å². The van der Waals surface area contributed by atoms with Crippen molar-refractivity contribution < 1.29 is 0 Å². The van der Waals surface area contributed by atoms with E-state index in [1.54, 1.807) is 16.4 Å². The van der Waals surface area contributed by atoms with Crippen molar-refractivity contribution in [3.63, 3.8) is 0 Å². The number of thioether (sulfide) groups is 1. The number of rotatable bonds is 3. The lowest BCUT2D eigenvalue weighted by molar-refractivity contribution is 0.650. The zero-order valence-electron chi connectivity index (χ0n) is 6.87. The monoisotopic (exact) mass is 171 g/mol. The van der Waals surface area contributed by atoms with Crippen LogP contribution in [0.25, 0.3) is 0 Å². The zero-order chi connectivity index (χ0) is 8.27. The molecular weight excluding hydrogens is 158 g/mol. The van der Waals surface area contributed by atoms with Gasteiger partial charge in [0.25, 0.3) is 0 Å². The van der Waals surface area contributed by atoms with E-state index >= 15 is 0 Å².